The number of hydrogen-bond acceptors (Lipinski definition) is 2. The van der Waals surface area contributed by atoms with Crippen LogP contribution in [0.2, 0.25) is 0 Å². The number of hydrogen-bond donors (Lipinski definition) is 1. The zero-order valence-electron chi connectivity index (χ0n) is 10.5. The van der Waals surface area contributed by atoms with Crippen LogP contribution < -0.4 is 10.9 Å². The van der Waals surface area contributed by atoms with E-state index in [-0.39, 0.29) is 11.1 Å². The summed E-state index contributed by atoms with van der Waals surface area (Å²) in [4.78, 5) is 11.4. The number of nitrogens with zero attached hydrogens (tertiary/aromatic N) is 1. The number of nitrogens with one attached hydrogen (secondary N) is 1. The van der Waals surface area contributed by atoms with Gasteiger partial charge in [-0.1, -0.05) is 19.4 Å². The molecule has 1 aromatic rings. The van der Waals surface area contributed by atoms with E-state index in [0.717, 1.165) is 19.5 Å². The smallest absolute Gasteiger partial charge is 0.250 e. The lowest BCUT2D eigenvalue weighted by atomic mass is 9.99. The zero-order chi connectivity index (χ0) is 12.0. The fraction of sp³-hybridized carbons (Fsp3) is 0.615. The van der Waals surface area contributed by atoms with Crippen LogP contribution in [0.5, 0.6) is 0 Å². The topological polar surface area (TPSA) is 34.0 Å². The Balaban J connectivity index is 2.42. The van der Waals surface area contributed by atoms with E-state index in [2.05, 4.69) is 26.1 Å². The molecule has 3 heteroatoms. The van der Waals surface area contributed by atoms with Gasteiger partial charge in [0.1, 0.15) is 0 Å². The quantitative estimate of drug-likeness (QED) is 0.799. The van der Waals surface area contributed by atoms with Crippen molar-refractivity contribution in [3.05, 3.63) is 34.7 Å². The fourth-order valence-electron chi connectivity index (χ4n) is 1.87. The van der Waals surface area contributed by atoms with Crippen LogP contribution in [0.25, 0.3) is 0 Å². The number of aromatic nitrogens is 1. The summed E-state index contributed by atoms with van der Waals surface area (Å²) in [7, 11) is 0. The maximum atomic E-state index is 11.4. The molecule has 1 N–H and O–H groups in total. The molecule has 0 aliphatic heterocycles. The summed E-state index contributed by atoms with van der Waals surface area (Å²) in [5.41, 5.74) is 0.227. The predicted molar refractivity (Wildman–Crippen MR) is 67.7 cm³/mol. The van der Waals surface area contributed by atoms with Crippen LogP contribution in [0.15, 0.2) is 29.2 Å². The van der Waals surface area contributed by atoms with E-state index in [9.17, 15) is 4.79 Å². The molecule has 0 atom stereocenters. The molecule has 0 aliphatic rings. The summed E-state index contributed by atoms with van der Waals surface area (Å²) < 4.78 is 1.73. The average Bonchev–Trinajstić information content (AvgIpc) is 2.20. The van der Waals surface area contributed by atoms with Crippen molar-refractivity contribution in [2.45, 2.75) is 45.7 Å². The number of pyridine rings is 1. The van der Waals surface area contributed by atoms with E-state index >= 15 is 0 Å². The molecule has 0 unspecified atom stereocenters. The Kier molecular flexibility index (Phi) is 4.74. The monoisotopic (exact) mass is 222 g/mol. The van der Waals surface area contributed by atoms with Crippen molar-refractivity contribution >= 4 is 0 Å². The molecular weight excluding hydrogens is 200 g/mol. The minimum atomic E-state index is 0.0672. The van der Waals surface area contributed by atoms with Gasteiger partial charge in [-0.2, -0.15) is 0 Å². The van der Waals surface area contributed by atoms with Gasteiger partial charge in [0.25, 0.3) is 5.56 Å². The Morgan fingerprint density at radius 1 is 1.38 bits per heavy atom. The van der Waals surface area contributed by atoms with Crippen molar-refractivity contribution in [1.29, 1.82) is 0 Å². The Labute approximate surface area is 97.5 Å². The van der Waals surface area contributed by atoms with E-state index in [1.165, 1.54) is 6.42 Å². The summed E-state index contributed by atoms with van der Waals surface area (Å²) in [6.45, 7) is 8.14. The van der Waals surface area contributed by atoms with Gasteiger partial charge in [0, 0.05) is 30.9 Å². The molecule has 1 heterocycles. The van der Waals surface area contributed by atoms with Gasteiger partial charge in [0.05, 0.1) is 0 Å². The molecule has 0 amide bonds. The minimum absolute atomic E-state index is 0.0672. The molecule has 0 fully saturated rings. The van der Waals surface area contributed by atoms with Crippen molar-refractivity contribution in [2.24, 2.45) is 0 Å². The van der Waals surface area contributed by atoms with Crippen LogP contribution in [-0.2, 0) is 6.54 Å². The predicted octanol–water partition coefficient (Wildman–Crippen LogP) is 2.02. The fourth-order valence-corrected chi connectivity index (χ4v) is 1.87. The van der Waals surface area contributed by atoms with Crippen molar-refractivity contribution in [2.75, 3.05) is 6.54 Å². The van der Waals surface area contributed by atoms with E-state index in [1.54, 1.807) is 16.7 Å². The highest BCUT2D eigenvalue weighted by Crippen LogP contribution is 2.09. The largest absolute Gasteiger partial charge is 0.314 e. The first-order chi connectivity index (χ1) is 7.55. The number of rotatable bonds is 6. The van der Waals surface area contributed by atoms with Crippen LogP contribution in [-0.4, -0.2) is 16.7 Å². The van der Waals surface area contributed by atoms with Crippen molar-refractivity contribution in [1.82, 2.24) is 9.88 Å². The van der Waals surface area contributed by atoms with Gasteiger partial charge in [-0.25, -0.2) is 0 Å². The van der Waals surface area contributed by atoms with Gasteiger partial charge >= 0.3 is 0 Å². The van der Waals surface area contributed by atoms with Crippen LogP contribution >= 0.6 is 0 Å². The molecule has 0 bridgehead atoms. The molecule has 0 aliphatic carbocycles. The van der Waals surface area contributed by atoms with Gasteiger partial charge in [0.15, 0.2) is 0 Å². The summed E-state index contributed by atoms with van der Waals surface area (Å²) in [5.74, 6) is 0. The average molecular weight is 222 g/mol. The first-order valence-corrected chi connectivity index (χ1v) is 5.96. The van der Waals surface area contributed by atoms with Crippen molar-refractivity contribution in [3.8, 4) is 0 Å². The second-order valence-corrected chi connectivity index (χ2v) is 4.79. The Hall–Kier alpha value is -1.09. The lowest BCUT2D eigenvalue weighted by molar-refractivity contribution is 0.350. The summed E-state index contributed by atoms with van der Waals surface area (Å²) >= 11 is 0. The molecule has 1 aromatic heterocycles. The molecule has 90 valence electrons. The van der Waals surface area contributed by atoms with Gasteiger partial charge in [-0.05, 0) is 26.3 Å². The molecule has 0 aromatic carbocycles. The van der Waals surface area contributed by atoms with E-state index in [4.69, 9.17) is 0 Å². The standard InChI is InChI=1S/C13H22N2O/c1-4-8-13(2,3)14-9-11-15-10-6-5-7-12(15)16/h5-7,10,14H,4,8-9,11H2,1-3H3. The second-order valence-electron chi connectivity index (χ2n) is 4.79. The molecule has 0 saturated carbocycles. The van der Waals surface area contributed by atoms with Crippen molar-refractivity contribution in [3.63, 3.8) is 0 Å². The van der Waals surface area contributed by atoms with Crippen molar-refractivity contribution < 1.29 is 0 Å². The summed E-state index contributed by atoms with van der Waals surface area (Å²) in [6.07, 6.45) is 4.15. The summed E-state index contributed by atoms with van der Waals surface area (Å²) in [5, 5.41) is 3.48. The lowest BCUT2D eigenvalue weighted by Gasteiger charge is -2.26. The first-order valence-electron chi connectivity index (χ1n) is 5.96. The van der Waals surface area contributed by atoms with E-state index in [0.29, 0.717) is 0 Å². The third-order valence-corrected chi connectivity index (χ3v) is 2.73. The Bertz CT molecular complexity index is 368. The minimum Gasteiger partial charge on any atom is -0.314 e. The highest BCUT2D eigenvalue weighted by molar-refractivity contribution is 4.93. The normalized spacial score (nSPS) is 11.7. The molecule has 0 radical (unpaired) electrons. The second kappa shape index (κ2) is 5.85. The van der Waals surface area contributed by atoms with Gasteiger partial charge < -0.3 is 9.88 Å². The molecule has 1 rings (SSSR count). The van der Waals surface area contributed by atoms with Crippen LogP contribution in [0.3, 0.4) is 0 Å². The zero-order valence-corrected chi connectivity index (χ0v) is 10.5. The molecule has 3 nitrogen and oxygen atoms in total. The van der Waals surface area contributed by atoms with Crippen LogP contribution in [0, 0.1) is 0 Å². The highest BCUT2D eigenvalue weighted by atomic mass is 16.1. The van der Waals surface area contributed by atoms with Gasteiger partial charge in [-0.3, -0.25) is 4.79 Å². The SMILES string of the molecule is CCCC(C)(C)NCCn1ccccc1=O. The maximum Gasteiger partial charge on any atom is 0.250 e. The molecule has 0 spiro atoms. The van der Waals surface area contributed by atoms with Gasteiger partial charge in [0.2, 0.25) is 0 Å². The first kappa shape index (κ1) is 13.0. The molecular formula is C13H22N2O. The highest BCUT2D eigenvalue weighted by Gasteiger charge is 2.14. The van der Waals surface area contributed by atoms with E-state index in [1.807, 2.05) is 12.3 Å². The third kappa shape index (κ3) is 4.19. The summed E-state index contributed by atoms with van der Waals surface area (Å²) in [6, 6.07) is 5.25. The van der Waals surface area contributed by atoms with Crippen LogP contribution in [0.1, 0.15) is 33.6 Å². The third-order valence-electron chi connectivity index (χ3n) is 2.73. The van der Waals surface area contributed by atoms with Crippen LogP contribution in [0.4, 0.5) is 0 Å². The van der Waals surface area contributed by atoms with E-state index < -0.39 is 0 Å². The lowest BCUT2D eigenvalue weighted by Crippen LogP contribution is -2.41. The Morgan fingerprint density at radius 3 is 2.75 bits per heavy atom. The Morgan fingerprint density at radius 2 is 2.12 bits per heavy atom. The molecule has 16 heavy (non-hydrogen) atoms. The van der Waals surface area contributed by atoms with Gasteiger partial charge in [-0.15, -0.1) is 0 Å². The molecule has 0 saturated heterocycles. The maximum absolute atomic E-state index is 11.4.